The van der Waals surface area contributed by atoms with Gasteiger partial charge >= 0.3 is 6.18 Å². The molecule has 0 aliphatic carbocycles. The van der Waals surface area contributed by atoms with E-state index in [2.05, 4.69) is 4.98 Å². The molecule has 1 aromatic heterocycles. The van der Waals surface area contributed by atoms with E-state index in [9.17, 15) is 13.2 Å². The maximum Gasteiger partial charge on any atom is 0.416 e. The van der Waals surface area contributed by atoms with E-state index in [4.69, 9.17) is 0 Å². The highest BCUT2D eigenvalue weighted by Gasteiger charge is 2.30. The summed E-state index contributed by atoms with van der Waals surface area (Å²) in [5, 5.41) is 0. The summed E-state index contributed by atoms with van der Waals surface area (Å²) in [5.41, 5.74) is 0.880. The smallest absolute Gasteiger partial charge is 0.300 e. The molecule has 5 heteroatoms. The van der Waals surface area contributed by atoms with Gasteiger partial charge < -0.3 is 0 Å². The Bertz CT molecular complexity index is 728. The van der Waals surface area contributed by atoms with Gasteiger partial charge in [0.15, 0.2) is 0 Å². The van der Waals surface area contributed by atoms with Gasteiger partial charge in [0.1, 0.15) is 5.82 Å². The van der Waals surface area contributed by atoms with Crippen molar-refractivity contribution in [3.63, 3.8) is 0 Å². The topological polar surface area (TPSA) is 17.8 Å². The zero-order valence-corrected chi connectivity index (χ0v) is 10.9. The molecular weight excluding hydrogens is 277 g/mol. The van der Waals surface area contributed by atoms with E-state index in [0.717, 1.165) is 17.8 Å². The molecule has 0 fully saturated rings. The van der Waals surface area contributed by atoms with Crippen LogP contribution in [0.1, 0.15) is 5.56 Å². The molecule has 0 spiro atoms. The lowest BCUT2D eigenvalue weighted by atomic mass is 10.1. The normalized spacial score (nSPS) is 11.6. The van der Waals surface area contributed by atoms with Gasteiger partial charge in [-0.15, -0.1) is 0 Å². The van der Waals surface area contributed by atoms with Gasteiger partial charge in [-0.2, -0.15) is 13.2 Å². The number of aromatic nitrogens is 2. The maximum absolute atomic E-state index is 12.6. The lowest BCUT2D eigenvalue weighted by molar-refractivity contribution is -0.137. The van der Waals surface area contributed by atoms with E-state index < -0.39 is 11.7 Å². The summed E-state index contributed by atoms with van der Waals surface area (Å²) in [4.78, 5) is 4.24. The Morgan fingerprint density at radius 1 is 0.857 bits per heavy atom. The van der Waals surface area contributed by atoms with Crippen molar-refractivity contribution in [1.29, 1.82) is 0 Å². The molecule has 0 saturated heterocycles. The molecule has 0 atom stereocenters. The van der Waals surface area contributed by atoms with Crippen LogP contribution in [0.15, 0.2) is 67.0 Å². The average Bonchev–Trinajstić information content (AvgIpc) is 2.97. The second kappa shape index (κ2) is 5.09. The number of hydrogen-bond donors (Lipinski definition) is 0. The van der Waals surface area contributed by atoms with E-state index in [0.29, 0.717) is 11.4 Å². The quantitative estimate of drug-likeness (QED) is 0.676. The van der Waals surface area contributed by atoms with E-state index in [1.807, 2.05) is 34.9 Å². The molecule has 0 N–H and O–H groups in total. The lowest BCUT2D eigenvalue weighted by Gasteiger charge is -2.10. The van der Waals surface area contributed by atoms with E-state index >= 15 is 0 Å². The number of imidazole rings is 1. The standard InChI is InChI=1S/C16H11F3N2/c17-16(18,19)13-8-6-12(7-9-13)15-20-10-11-21(15)14-4-2-1-3-5-14/h1-11H. The van der Waals surface area contributed by atoms with Crippen LogP contribution in [-0.4, -0.2) is 9.55 Å². The molecule has 2 nitrogen and oxygen atoms in total. The van der Waals surface area contributed by atoms with Crippen molar-refractivity contribution >= 4 is 0 Å². The van der Waals surface area contributed by atoms with Gasteiger partial charge in [-0.25, -0.2) is 4.98 Å². The highest BCUT2D eigenvalue weighted by atomic mass is 19.4. The first-order chi connectivity index (χ1) is 10.1. The highest BCUT2D eigenvalue weighted by molar-refractivity contribution is 5.59. The summed E-state index contributed by atoms with van der Waals surface area (Å²) in [6.07, 6.45) is -0.921. The molecule has 0 amide bonds. The fourth-order valence-electron chi connectivity index (χ4n) is 2.12. The number of halogens is 3. The SMILES string of the molecule is FC(F)(F)c1ccc(-c2nccn2-c2ccccc2)cc1. The van der Waals surface area contributed by atoms with Crippen molar-refractivity contribution in [2.24, 2.45) is 0 Å². The molecule has 0 saturated carbocycles. The molecule has 2 aromatic carbocycles. The summed E-state index contributed by atoms with van der Waals surface area (Å²) in [6, 6.07) is 14.5. The molecule has 0 unspecified atom stereocenters. The van der Waals surface area contributed by atoms with E-state index in [-0.39, 0.29) is 0 Å². The zero-order chi connectivity index (χ0) is 14.9. The van der Waals surface area contributed by atoms with Gasteiger partial charge in [0.25, 0.3) is 0 Å². The largest absolute Gasteiger partial charge is 0.416 e. The highest BCUT2D eigenvalue weighted by Crippen LogP contribution is 2.31. The van der Waals surface area contributed by atoms with Crippen molar-refractivity contribution < 1.29 is 13.2 Å². The first-order valence-electron chi connectivity index (χ1n) is 6.32. The zero-order valence-electron chi connectivity index (χ0n) is 10.9. The monoisotopic (exact) mass is 288 g/mol. The van der Waals surface area contributed by atoms with E-state index in [1.54, 1.807) is 12.4 Å². The molecule has 0 aliphatic rings. The van der Waals surface area contributed by atoms with Crippen LogP contribution >= 0.6 is 0 Å². The fraction of sp³-hybridized carbons (Fsp3) is 0.0625. The number of benzene rings is 2. The molecule has 0 radical (unpaired) electrons. The second-order valence-corrected chi connectivity index (χ2v) is 4.53. The fourth-order valence-corrected chi connectivity index (χ4v) is 2.12. The van der Waals surface area contributed by atoms with Crippen molar-refractivity contribution in [1.82, 2.24) is 9.55 Å². The number of para-hydroxylation sites is 1. The van der Waals surface area contributed by atoms with Crippen LogP contribution in [0.3, 0.4) is 0 Å². The minimum absolute atomic E-state index is 0.606. The van der Waals surface area contributed by atoms with Crippen LogP contribution in [0.5, 0.6) is 0 Å². The maximum atomic E-state index is 12.6. The van der Waals surface area contributed by atoms with Crippen LogP contribution in [0, 0.1) is 0 Å². The Balaban J connectivity index is 2.01. The van der Waals surface area contributed by atoms with Crippen molar-refractivity contribution in [2.45, 2.75) is 6.18 Å². The van der Waals surface area contributed by atoms with Crippen LogP contribution in [0.2, 0.25) is 0 Å². The molecule has 1 heterocycles. The number of alkyl halides is 3. The van der Waals surface area contributed by atoms with Gasteiger partial charge in [0.2, 0.25) is 0 Å². The predicted octanol–water partition coefficient (Wildman–Crippen LogP) is 4.56. The van der Waals surface area contributed by atoms with Gasteiger partial charge in [-0.3, -0.25) is 4.57 Å². The van der Waals surface area contributed by atoms with Crippen molar-refractivity contribution in [3.05, 3.63) is 72.6 Å². The Morgan fingerprint density at radius 3 is 2.14 bits per heavy atom. The van der Waals surface area contributed by atoms with Crippen LogP contribution in [0.25, 0.3) is 17.1 Å². The molecule has 21 heavy (non-hydrogen) atoms. The summed E-state index contributed by atoms with van der Waals surface area (Å²) >= 11 is 0. The molecule has 0 bridgehead atoms. The molecule has 3 aromatic rings. The van der Waals surface area contributed by atoms with Crippen LogP contribution < -0.4 is 0 Å². The first kappa shape index (κ1) is 13.4. The number of rotatable bonds is 2. The summed E-state index contributed by atoms with van der Waals surface area (Å²) in [5.74, 6) is 0.606. The molecule has 0 aliphatic heterocycles. The molecule has 3 rings (SSSR count). The van der Waals surface area contributed by atoms with Crippen molar-refractivity contribution in [3.8, 4) is 17.1 Å². The number of hydrogen-bond acceptors (Lipinski definition) is 1. The molecule has 106 valence electrons. The second-order valence-electron chi connectivity index (χ2n) is 4.53. The Kier molecular flexibility index (Phi) is 3.25. The molecular formula is C16H11F3N2. The van der Waals surface area contributed by atoms with Gasteiger partial charge in [-0.1, -0.05) is 30.3 Å². The average molecular weight is 288 g/mol. The first-order valence-corrected chi connectivity index (χ1v) is 6.32. The van der Waals surface area contributed by atoms with Crippen molar-refractivity contribution in [2.75, 3.05) is 0 Å². The Morgan fingerprint density at radius 2 is 1.52 bits per heavy atom. The van der Waals surface area contributed by atoms with E-state index in [1.165, 1.54) is 12.1 Å². The van der Waals surface area contributed by atoms with Crippen LogP contribution in [0.4, 0.5) is 13.2 Å². The Hall–Kier alpha value is -2.56. The minimum Gasteiger partial charge on any atom is -0.300 e. The van der Waals surface area contributed by atoms with Gasteiger partial charge in [0.05, 0.1) is 5.56 Å². The van der Waals surface area contributed by atoms with Gasteiger partial charge in [0, 0.05) is 23.6 Å². The lowest BCUT2D eigenvalue weighted by Crippen LogP contribution is -2.04. The number of nitrogens with zero attached hydrogens (tertiary/aromatic N) is 2. The third-order valence-electron chi connectivity index (χ3n) is 3.15. The third-order valence-corrected chi connectivity index (χ3v) is 3.15. The Labute approximate surface area is 119 Å². The van der Waals surface area contributed by atoms with Crippen LogP contribution in [-0.2, 0) is 6.18 Å². The summed E-state index contributed by atoms with van der Waals surface area (Å²) in [7, 11) is 0. The van der Waals surface area contributed by atoms with Gasteiger partial charge in [-0.05, 0) is 24.3 Å². The predicted molar refractivity (Wildman–Crippen MR) is 74.0 cm³/mol. The third kappa shape index (κ3) is 2.67. The summed E-state index contributed by atoms with van der Waals surface area (Å²) < 4.78 is 39.6. The minimum atomic E-state index is -4.33. The summed E-state index contributed by atoms with van der Waals surface area (Å²) in [6.45, 7) is 0.